The summed E-state index contributed by atoms with van der Waals surface area (Å²) in [6, 6.07) is 11.6. The van der Waals surface area contributed by atoms with Crippen molar-refractivity contribution in [3.8, 4) is 0 Å². The number of fused-ring (bicyclic) bond motifs is 1. The number of nitrogens with zero attached hydrogens (tertiary/aromatic N) is 1. The van der Waals surface area contributed by atoms with E-state index in [2.05, 4.69) is 4.72 Å². The zero-order chi connectivity index (χ0) is 18.2. The van der Waals surface area contributed by atoms with Gasteiger partial charge >= 0.3 is 0 Å². The average Bonchev–Trinajstić information content (AvgIpc) is 2.91. The van der Waals surface area contributed by atoms with Gasteiger partial charge in [-0.3, -0.25) is 4.79 Å². The summed E-state index contributed by atoms with van der Waals surface area (Å²) in [6.07, 6.45) is 0.751. The van der Waals surface area contributed by atoms with Crippen LogP contribution in [0, 0.1) is 0 Å². The molecule has 1 atom stereocenters. The molecule has 5 nitrogen and oxygen atoms in total. The maximum absolute atomic E-state index is 12.6. The number of sulfonamides is 1. The summed E-state index contributed by atoms with van der Waals surface area (Å²) < 4.78 is 27.0. The van der Waals surface area contributed by atoms with Crippen molar-refractivity contribution in [1.82, 2.24) is 4.72 Å². The summed E-state index contributed by atoms with van der Waals surface area (Å²) in [5, 5.41) is 0.400. The lowest BCUT2D eigenvalue weighted by atomic mass is 10.1. The lowest BCUT2D eigenvalue weighted by molar-refractivity contribution is -0.117. The van der Waals surface area contributed by atoms with Crippen LogP contribution in [0.15, 0.2) is 47.4 Å². The van der Waals surface area contributed by atoms with Crippen molar-refractivity contribution in [2.75, 3.05) is 11.4 Å². The Bertz CT molecular complexity index is 931. The normalized spacial score (nSPS) is 16.8. The molecular weight excluding hydrogens is 383 g/mol. The van der Waals surface area contributed by atoms with E-state index in [0.29, 0.717) is 0 Å². The van der Waals surface area contributed by atoms with Gasteiger partial charge in [0.2, 0.25) is 15.9 Å². The molecule has 25 heavy (non-hydrogen) atoms. The number of benzene rings is 2. The third-order valence-electron chi connectivity index (χ3n) is 4.09. The van der Waals surface area contributed by atoms with E-state index >= 15 is 0 Å². The van der Waals surface area contributed by atoms with E-state index in [-0.39, 0.29) is 33.4 Å². The van der Waals surface area contributed by atoms with Crippen molar-refractivity contribution in [2.24, 2.45) is 0 Å². The minimum absolute atomic E-state index is 0.0145. The van der Waals surface area contributed by atoms with Crippen molar-refractivity contribution in [1.29, 1.82) is 0 Å². The molecule has 1 unspecified atom stereocenters. The topological polar surface area (TPSA) is 66.5 Å². The van der Waals surface area contributed by atoms with Crippen molar-refractivity contribution >= 4 is 44.8 Å². The van der Waals surface area contributed by atoms with Crippen LogP contribution in [-0.2, 0) is 21.2 Å². The molecule has 0 aliphatic carbocycles. The van der Waals surface area contributed by atoms with Gasteiger partial charge in [0.15, 0.2) is 0 Å². The number of hydrogen-bond donors (Lipinski definition) is 1. The largest absolute Gasteiger partial charge is 0.308 e. The Morgan fingerprint density at radius 3 is 2.64 bits per heavy atom. The Morgan fingerprint density at radius 2 is 1.92 bits per heavy atom. The number of carbonyl (C=O) groups excluding carboxylic acids is 1. The molecule has 1 N–H and O–H groups in total. The molecule has 3 rings (SSSR count). The van der Waals surface area contributed by atoms with Crippen molar-refractivity contribution in [3.05, 3.63) is 58.1 Å². The number of anilines is 1. The molecule has 132 valence electrons. The summed E-state index contributed by atoms with van der Waals surface area (Å²) >= 11 is 11.7. The molecule has 0 saturated heterocycles. The predicted molar refractivity (Wildman–Crippen MR) is 98.7 cm³/mol. The van der Waals surface area contributed by atoms with Gasteiger partial charge in [-0.05, 0) is 43.2 Å². The van der Waals surface area contributed by atoms with Crippen LogP contribution in [0.4, 0.5) is 5.69 Å². The maximum atomic E-state index is 12.6. The molecule has 1 aliphatic rings. The molecule has 0 fully saturated rings. The lowest BCUT2D eigenvalue weighted by Gasteiger charge is -2.23. The van der Waals surface area contributed by atoms with Gasteiger partial charge in [-0.1, -0.05) is 41.4 Å². The van der Waals surface area contributed by atoms with Gasteiger partial charge in [0, 0.05) is 11.7 Å². The molecule has 2 aromatic rings. The second-order valence-corrected chi connectivity index (χ2v) is 8.43. The minimum Gasteiger partial charge on any atom is -0.308 e. The molecule has 0 aromatic heterocycles. The summed E-state index contributed by atoms with van der Waals surface area (Å²) in [6.45, 7) is 1.60. The second-order valence-electron chi connectivity index (χ2n) is 5.85. The standard InChI is InChI=1S/C17H16Cl2N2O3S/c1-11-8-12-4-2-3-5-16(12)21(11)17(22)10-20-25(23,24)13-6-7-14(18)15(19)9-13/h2-7,9,11,20H,8,10H2,1H3. The quantitative estimate of drug-likeness (QED) is 0.859. The Morgan fingerprint density at radius 1 is 1.20 bits per heavy atom. The van der Waals surface area contributed by atoms with Gasteiger partial charge in [0.05, 0.1) is 21.5 Å². The first-order chi connectivity index (χ1) is 11.8. The van der Waals surface area contributed by atoms with Gasteiger partial charge < -0.3 is 4.90 Å². The highest BCUT2D eigenvalue weighted by atomic mass is 35.5. The van der Waals surface area contributed by atoms with E-state index < -0.39 is 10.0 Å². The highest BCUT2D eigenvalue weighted by Crippen LogP contribution is 2.31. The van der Waals surface area contributed by atoms with E-state index in [1.165, 1.54) is 18.2 Å². The molecule has 1 aliphatic heterocycles. The Hall–Kier alpha value is -1.60. The van der Waals surface area contributed by atoms with E-state index in [1.807, 2.05) is 31.2 Å². The Labute approximate surface area is 156 Å². The number of halogens is 2. The third-order valence-corrected chi connectivity index (χ3v) is 6.23. The summed E-state index contributed by atoms with van der Waals surface area (Å²) in [4.78, 5) is 14.2. The number of rotatable bonds is 4. The molecule has 8 heteroatoms. The number of hydrogen-bond acceptors (Lipinski definition) is 3. The Balaban J connectivity index is 1.75. The molecule has 1 heterocycles. The summed E-state index contributed by atoms with van der Waals surface area (Å²) in [5.74, 6) is -0.305. The van der Waals surface area contributed by atoms with Crippen molar-refractivity contribution in [3.63, 3.8) is 0 Å². The van der Waals surface area contributed by atoms with Crippen LogP contribution in [0.25, 0.3) is 0 Å². The molecule has 0 spiro atoms. The van der Waals surface area contributed by atoms with Gasteiger partial charge in [0.25, 0.3) is 0 Å². The number of amides is 1. The molecule has 1 amide bonds. The Kier molecular flexibility index (Phi) is 5.06. The fourth-order valence-corrected chi connectivity index (χ4v) is 4.28. The van der Waals surface area contributed by atoms with E-state index in [0.717, 1.165) is 17.7 Å². The molecule has 2 aromatic carbocycles. The second kappa shape index (κ2) is 6.96. The van der Waals surface area contributed by atoms with Crippen molar-refractivity contribution < 1.29 is 13.2 Å². The predicted octanol–water partition coefficient (Wildman–Crippen LogP) is 3.25. The monoisotopic (exact) mass is 398 g/mol. The molecule has 0 radical (unpaired) electrons. The highest BCUT2D eigenvalue weighted by molar-refractivity contribution is 7.89. The fraction of sp³-hybridized carbons (Fsp3) is 0.235. The lowest BCUT2D eigenvalue weighted by Crippen LogP contribution is -2.43. The minimum atomic E-state index is -3.86. The van der Waals surface area contributed by atoms with Crippen LogP contribution in [0.1, 0.15) is 12.5 Å². The zero-order valence-corrected chi connectivity index (χ0v) is 15.7. The van der Waals surface area contributed by atoms with Gasteiger partial charge in [-0.2, -0.15) is 0 Å². The van der Waals surface area contributed by atoms with Crippen molar-refractivity contribution in [2.45, 2.75) is 24.3 Å². The van der Waals surface area contributed by atoms with E-state index in [1.54, 1.807) is 4.90 Å². The van der Waals surface area contributed by atoms with E-state index in [4.69, 9.17) is 23.2 Å². The van der Waals surface area contributed by atoms with E-state index in [9.17, 15) is 13.2 Å². The SMILES string of the molecule is CC1Cc2ccccc2N1C(=O)CNS(=O)(=O)c1ccc(Cl)c(Cl)c1. The number of nitrogens with one attached hydrogen (secondary N) is 1. The van der Waals surface area contributed by atoms with Crippen LogP contribution >= 0.6 is 23.2 Å². The van der Waals surface area contributed by atoms with Crippen LogP contribution in [0.3, 0.4) is 0 Å². The first-order valence-corrected chi connectivity index (χ1v) is 9.88. The number of carbonyl (C=O) groups is 1. The van der Waals surface area contributed by atoms with Crippen LogP contribution in [-0.4, -0.2) is 26.9 Å². The van der Waals surface area contributed by atoms with Crippen LogP contribution in [0.2, 0.25) is 10.0 Å². The third kappa shape index (κ3) is 3.67. The molecule has 0 bridgehead atoms. The first kappa shape index (κ1) is 18.2. The van der Waals surface area contributed by atoms with Crippen LogP contribution < -0.4 is 9.62 Å². The summed E-state index contributed by atoms with van der Waals surface area (Å²) in [5.41, 5.74) is 1.91. The zero-order valence-electron chi connectivity index (χ0n) is 13.4. The van der Waals surface area contributed by atoms with Gasteiger partial charge in [-0.25, -0.2) is 13.1 Å². The maximum Gasteiger partial charge on any atom is 0.242 e. The van der Waals surface area contributed by atoms with Gasteiger partial charge in [0.1, 0.15) is 0 Å². The fourth-order valence-electron chi connectivity index (χ4n) is 2.91. The first-order valence-electron chi connectivity index (χ1n) is 7.64. The van der Waals surface area contributed by atoms with Gasteiger partial charge in [-0.15, -0.1) is 0 Å². The summed E-state index contributed by atoms with van der Waals surface area (Å²) in [7, 11) is -3.86. The highest BCUT2D eigenvalue weighted by Gasteiger charge is 2.31. The molecular formula is C17H16Cl2N2O3S. The van der Waals surface area contributed by atoms with Crippen LogP contribution in [0.5, 0.6) is 0 Å². The molecule has 0 saturated carbocycles. The average molecular weight is 399 g/mol. The smallest absolute Gasteiger partial charge is 0.242 e. The number of para-hydroxylation sites is 1.